The summed E-state index contributed by atoms with van der Waals surface area (Å²) >= 11 is 0. The lowest BCUT2D eigenvalue weighted by atomic mass is 10.1. The molecule has 0 aliphatic carbocycles. The number of aromatic nitrogens is 3. The first-order valence-corrected chi connectivity index (χ1v) is 11.9. The average molecular weight is 469 g/mol. The van der Waals surface area contributed by atoms with Gasteiger partial charge in [-0.1, -0.05) is 24.3 Å². The topological polar surface area (TPSA) is 85.4 Å². The summed E-state index contributed by atoms with van der Waals surface area (Å²) in [5, 5.41) is 1.04. The summed E-state index contributed by atoms with van der Waals surface area (Å²) in [6.07, 6.45) is 7.87. The molecule has 0 spiro atoms. The molecule has 2 amide bonds. The molecule has 2 aromatic carbocycles. The van der Waals surface area contributed by atoms with Crippen LogP contribution in [0.25, 0.3) is 10.9 Å². The highest BCUT2D eigenvalue weighted by Gasteiger charge is 2.26. The van der Waals surface area contributed by atoms with Crippen molar-refractivity contribution in [2.45, 2.75) is 6.42 Å². The zero-order valence-electron chi connectivity index (χ0n) is 19.5. The number of benzene rings is 2. The highest BCUT2D eigenvalue weighted by molar-refractivity contribution is 6.10. The van der Waals surface area contributed by atoms with E-state index in [1.165, 1.54) is 0 Å². The van der Waals surface area contributed by atoms with Gasteiger partial charge in [0.25, 0.3) is 5.91 Å². The molecule has 1 aliphatic rings. The zero-order valence-corrected chi connectivity index (χ0v) is 19.5. The van der Waals surface area contributed by atoms with E-state index in [-0.39, 0.29) is 18.4 Å². The van der Waals surface area contributed by atoms with Crippen LogP contribution in [-0.2, 0) is 11.2 Å². The predicted octanol–water partition coefficient (Wildman–Crippen LogP) is 2.99. The van der Waals surface area contributed by atoms with Crippen molar-refractivity contribution in [3.63, 3.8) is 0 Å². The van der Waals surface area contributed by atoms with Crippen molar-refractivity contribution in [1.82, 2.24) is 24.8 Å². The maximum atomic E-state index is 13.5. The minimum atomic E-state index is -0.191. The number of piperazine rings is 1. The largest absolute Gasteiger partial charge is 0.361 e. The molecule has 4 aromatic rings. The third-order valence-corrected chi connectivity index (χ3v) is 6.43. The number of fused-ring (bicyclic) bond motifs is 1. The predicted molar refractivity (Wildman–Crippen MR) is 135 cm³/mol. The Morgan fingerprint density at radius 1 is 0.971 bits per heavy atom. The zero-order chi connectivity index (χ0) is 24.0. The molecule has 0 unspecified atom stereocenters. The minimum Gasteiger partial charge on any atom is -0.361 e. The van der Waals surface area contributed by atoms with Crippen LogP contribution in [-0.4, -0.2) is 75.8 Å². The number of carbonyl (C=O) groups is 2. The smallest absolute Gasteiger partial charge is 0.258 e. The molecule has 1 fully saturated rings. The Labute approximate surface area is 204 Å². The Kier molecular flexibility index (Phi) is 6.81. The number of anilines is 1. The minimum absolute atomic E-state index is 0.00517. The van der Waals surface area contributed by atoms with Crippen molar-refractivity contribution < 1.29 is 9.59 Å². The lowest BCUT2D eigenvalue weighted by molar-refractivity contribution is -0.131. The van der Waals surface area contributed by atoms with E-state index in [4.69, 9.17) is 0 Å². The van der Waals surface area contributed by atoms with Crippen molar-refractivity contribution in [1.29, 1.82) is 0 Å². The monoisotopic (exact) mass is 468 g/mol. The summed E-state index contributed by atoms with van der Waals surface area (Å²) in [7, 11) is 0. The molecule has 0 saturated carbocycles. The first-order valence-electron chi connectivity index (χ1n) is 11.9. The number of rotatable bonds is 7. The van der Waals surface area contributed by atoms with Gasteiger partial charge in [0.2, 0.25) is 5.91 Å². The molecule has 2 aromatic heterocycles. The van der Waals surface area contributed by atoms with E-state index in [0.717, 1.165) is 42.7 Å². The second kappa shape index (κ2) is 10.5. The van der Waals surface area contributed by atoms with Crippen molar-refractivity contribution in [3.8, 4) is 0 Å². The fourth-order valence-corrected chi connectivity index (χ4v) is 4.41. The maximum absolute atomic E-state index is 13.5. The number of H-pyrrole nitrogens is 1. The van der Waals surface area contributed by atoms with Crippen LogP contribution in [0.2, 0.25) is 0 Å². The number of hydrogen-bond donors (Lipinski definition) is 1. The lowest BCUT2D eigenvalue weighted by Gasteiger charge is -2.35. The van der Waals surface area contributed by atoms with Crippen LogP contribution in [0.4, 0.5) is 5.69 Å². The van der Waals surface area contributed by atoms with Gasteiger partial charge < -0.3 is 9.88 Å². The summed E-state index contributed by atoms with van der Waals surface area (Å²) in [5.74, 6) is -0.236. The SMILES string of the molecule is O=C(CN(C(=O)c1ccc2cc[nH]c2c1)c1ccccc1)N1CCN(CCc2cnccn2)CC1. The molecule has 1 aliphatic heterocycles. The highest BCUT2D eigenvalue weighted by Crippen LogP contribution is 2.20. The van der Waals surface area contributed by atoms with E-state index < -0.39 is 0 Å². The summed E-state index contributed by atoms with van der Waals surface area (Å²) in [6, 6.07) is 16.9. The summed E-state index contributed by atoms with van der Waals surface area (Å²) in [4.78, 5) is 44.2. The molecule has 3 heterocycles. The average Bonchev–Trinajstić information content (AvgIpc) is 3.39. The van der Waals surface area contributed by atoms with E-state index in [9.17, 15) is 9.59 Å². The number of hydrogen-bond acceptors (Lipinski definition) is 5. The van der Waals surface area contributed by atoms with E-state index in [1.54, 1.807) is 23.5 Å². The molecule has 5 rings (SSSR count). The van der Waals surface area contributed by atoms with Gasteiger partial charge in [-0.25, -0.2) is 0 Å². The molecule has 8 heteroatoms. The summed E-state index contributed by atoms with van der Waals surface area (Å²) in [5.41, 5.74) is 3.12. The molecule has 0 atom stereocenters. The fraction of sp³-hybridized carbons (Fsp3) is 0.259. The second-order valence-corrected chi connectivity index (χ2v) is 8.68. The van der Waals surface area contributed by atoms with Crippen molar-refractivity contribution in [2.24, 2.45) is 0 Å². The molecule has 1 N–H and O–H groups in total. The Morgan fingerprint density at radius 2 is 1.80 bits per heavy atom. The quantitative estimate of drug-likeness (QED) is 0.451. The van der Waals surface area contributed by atoms with E-state index in [2.05, 4.69) is 19.9 Å². The first kappa shape index (κ1) is 22.7. The molecule has 35 heavy (non-hydrogen) atoms. The normalized spacial score (nSPS) is 14.2. The van der Waals surface area contributed by atoms with Crippen molar-refractivity contribution >= 4 is 28.4 Å². The Balaban J connectivity index is 1.24. The summed E-state index contributed by atoms with van der Waals surface area (Å²) < 4.78 is 0. The number of amides is 2. The molecule has 178 valence electrons. The lowest BCUT2D eigenvalue weighted by Crippen LogP contribution is -2.52. The third kappa shape index (κ3) is 5.38. The molecular weight excluding hydrogens is 440 g/mol. The number of nitrogens with one attached hydrogen (secondary N) is 1. The van der Waals surface area contributed by atoms with Crippen molar-refractivity contribution in [2.75, 3.05) is 44.2 Å². The molecule has 8 nitrogen and oxygen atoms in total. The van der Waals surface area contributed by atoms with Gasteiger partial charge in [0, 0.05) is 80.7 Å². The number of carbonyl (C=O) groups excluding carboxylic acids is 2. The Hall–Kier alpha value is -4.04. The van der Waals surface area contributed by atoms with Crippen LogP contribution in [0.1, 0.15) is 16.1 Å². The Bertz CT molecular complexity index is 1280. The van der Waals surface area contributed by atoms with Gasteiger partial charge in [-0.15, -0.1) is 0 Å². The van der Waals surface area contributed by atoms with Crippen LogP contribution in [0.3, 0.4) is 0 Å². The molecule has 0 radical (unpaired) electrons. The van der Waals surface area contributed by atoms with E-state index in [0.29, 0.717) is 24.3 Å². The fourth-order valence-electron chi connectivity index (χ4n) is 4.41. The third-order valence-electron chi connectivity index (χ3n) is 6.43. The van der Waals surface area contributed by atoms with Crippen molar-refractivity contribution in [3.05, 3.63) is 90.6 Å². The van der Waals surface area contributed by atoms with E-state index in [1.807, 2.05) is 65.7 Å². The molecule has 0 bridgehead atoms. The van der Waals surface area contributed by atoms with Gasteiger partial charge in [-0.3, -0.25) is 29.4 Å². The van der Waals surface area contributed by atoms with Crippen LogP contribution in [0.5, 0.6) is 0 Å². The Morgan fingerprint density at radius 3 is 2.57 bits per heavy atom. The van der Waals surface area contributed by atoms with Gasteiger partial charge in [-0.2, -0.15) is 0 Å². The maximum Gasteiger partial charge on any atom is 0.258 e. The van der Waals surface area contributed by atoms with Gasteiger partial charge in [0.05, 0.1) is 5.69 Å². The molecular formula is C27H28N6O2. The standard InChI is InChI=1S/C27H28N6O2/c34-26(32-16-14-31(15-17-32)13-9-23-19-28-11-12-29-23)20-33(24-4-2-1-3-5-24)27(35)22-7-6-21-8-10-30-25(21)18-22/h1-8,10-12,18-19,30H,9,13-17,20H2. The van der Waals surface area contributed by atoms with Crippen LogP contribution in [0, 0.1) is 0 Å². The van der Waals surface area contributed by atoms with Crippen LogP contribution < -0.4 is 4.90 Å². The van der Waals surface area contributed by atoms with Crippen LogP contribution >= 0.6 is 0 Å². The first-order chi connectivity index (χ1) is 17.2. The van der Waals surface area contributed by atoms with E-state index >= 15 is 0 Å². The highest BCUT2D eigenvalue weighted by atomic mass is 16.2. The van der Waals surface area contributed by atoms with Crippen LogP contribution in [0.15, 0.2) is 79.4 Å². The van der Waals surface area contributed by atoms with Gasteiger partial charge in [0.15, 0.2) is 0 Å². The van der Waals surface area contributed by atoms with Gasteiger partial charge in [0.1, 0.15) is 6.54 Å². The van der Waals surface area contributed by atoms with Gasteiger partial charge in [-0.05, 0) is 35.7 Å². The summed E-state index contributed by atoms with van der Waals surface area (Å²) in [6.45, 7) is 3.78. The van der Waals surface area contributed by atoms with Gasteiger partial charge >= 0.3 is 0 Å². The number of nitrogens with zero attached hydrogens (tertiary/aromatic N) is 5. The number of aromatic amines is 1. The number of para-hydroxylation sites is 1. The second-order valence-electron chi connectivity index (χ2n) is 8.68. The molecule has 1 saturated heterocycles.